The Morgan fingerprint density at radius 2 is 1.97 bits per heavy atom. The zero-order valence-corrected chi connectivity index (χ0v) is 17.6. The molecule has 2 aliphatic rings. The number of hydrogen-bond acceptors (Lipinski definition) is 6. The van der Waals surface area contributed by atoms with Crippen LogP contribution in [-0.4, -0.2) is 72.5 Å². The van der Waals surface area contributed by atoms with Gasteiger partial charge in [0.1, 0.15) is 30.0 Å². The number of quaternary nitrogens is 1. The van der Waals surface area contributed by atoms with Crippen LogP contribution in [-0.2, 0) is 16.0 Å². The molecule has 0 aliphatic carbocycles. The van der Waals surface area contributed by atoms with Gasteiger partial charge in [0.15, 0.2) is 5.65 Å². The summed E-state index contributed by atoms with van der Waals surface area (Å²) in [5.41, 5.74) is 9.69. The summed E-state index contributed by atoms with van der Waals surface area (Å²) in [6.45, 7) is 6.29. The summed E-state index contributed by atoms with van der Waals surface area (Å²) in [5.74, 6) is 0.197. The quantitative estimate of drug-likeness (QED) is 0.513. The molecule has 9 heteroatoms. The standard InChI is InChI=1S/C22H28N6O3/c23-20-18(22(29)24-14-15-4-3-11-31-15)19-21(26-17-6-2-1-5-16(17)25-19)28(20)8-7-27-9-12-30-13-10-27/h1-2,5-6,15H,3-4,7-14,23H2,(H,24,29)/p+1/t15-/m0/s1. The van der Waals surface area contributed by atoms with Crippen molar-refractivity contribution in [3.8, 4) is 0 Å². The van der Waals surface area contributed by atoms with E-state index in [9.17, 15) is 4.79 Å². The van der Waals surface area contributed by atoms with Gasteiger partial charge in [-0.05, 0) is 25.0 Å². The summed E-state index contributed by atoms with van der Waals surface area (Å²) in [4.78, 5) is 24.2. The van der Waals surface area contributed by atoms with Gasteiger partial charge in [-0.1, -0.05) is 12.1 Å². The number of morpholine rings is 1. The summed E-state index contributed by atoms with van der Waals surface area (Å²) < 4.78 is 13.0. The number of anilines is 1. The molecule has 4 heterocycles. The highest BCUT2D eigenvalue weighted by molar-refractivity contribution is 6.10. The first-order valence-corrected chi connectivity index (χ1v) is 11.1. The van der Waals surface area contributed by atoms with Gasteiger partial charge in [-0.25, -0.2) is 9.97 Å². The average Bonchev–Trinajstić information content (AvgIpc) is 3.41. The molecule has 9 nitrogen and oxygen atoms in total. The lowest BCUT2D eigenvalue weighted by Crippen LogP contribution is -3.14. The third-order valence-electron chi connectivity index (χ3n) is 6.22. The van der Waals surface area contributed by atoms with Crippen molar-refractivity contribution in [2.45, 2.75) is 25.5 Å². The fourth-order valence-electron chi connectivity index (χ4n) is 4.45. The molecule has 2 aliphatic heterocycles. The van der Waals surface area contributed by atoms with Crippen LogP contribution in [0.5, 0.6) is 0 Å². The van der Waals surface area contributed by atoms with Crippen molar-refractivity contribution < 1.29 is 19.2 Å². The van der Waals surface area contributed by atoms with E-state index < -0.39 is 0 Å². The molecule has 2 saturated heterocycles. The molecule has 2 fully saturated rings. The van der Waals surface area contributed by atoms with E-state index in [0.717, 1.165) is 63.3 Å². The van der Waals surface area contributed by atoms with Crippen LogP contribution in [0.3, 0.4) is 0 Å². The number of benzene rings is 1. The first-order chi connectivity index (χ1) is 15.2. The summed E-state index contributed by atoms with van der Waals surface area (Å²) in [5, 5.41) is 2.99. The first-order valence-electron chi connectivity index (χ1n) is 11.1. The highest BCUT2D eigenvalue weighted by Gasteiger charge is 2.26. The number of fused-ring (bicyclic) bond motifs is 2. The lowest BCUT2D eigenvalue weighted by atomic mass is 10.2. The number of nitrogens with one attached hydrogen (secondary N) is 2. The minimum Gasteiger partial charge on any atom is -0.384 e. The lowest BCUT2D eigenvalue weighted by molar-refractivity contribution is -0.908. The van der Waals surface area contributed by atoms with E-state index in [0.29, 0.717) is 35.6 Å². The average molecular weight is 426 g/mol. The van der Waals surface area contributed by atoms with Crippen LogP contribution in [0.2, 0.25) is 0 Å². The van der Waals surface area contributed by atoms with Crippen LogP contribution < -0.4 is 16.0 Å². The number of ether oxygens (including phenoxy) is 2. The summed E-state index contributed by atoms with van der Waals surface area (Å²) in [6.07, 6.45) is 2.06. The number of para-hydroxylation sites is 2. The van der Waals surface area contributed by atoms with Crippen LogP contribution in [0.4, 0.5) is 5.82 Å². The molecule has 1 atom stereocenters. The predicted molar refractivity (Wildman–Crippen MR) is 117 cm³/mol. The van der Waals surface area contributed by atoms with Crippen molar-refractivity contribution >= 4 is 33.9 Å². The maximum Gasteiger partial charge on any atom is 0.257 e. The highest BCUT2D eigenvalue weighted by atomic mass is 16.5. The van der Waals surface area contributed by atoms with Crippen molar-refractivity contribution in [2.75, 3.05) is 51.7 Å². The van der Waals surface area contributed by atoms with Gasteiger partial charge in [0.2, 0.25) is 0 Å². The molecule has 0 radical (unpaired) electrons. The molecule has 0 spiro atoms. The van der Waals surface area contributed by atoms with E-state index in [1.54, 1.807) is 0 Å². The first kappa shape index (κ1) is 20.2. The SMILES string of the molecule is Nc1c(C(=O)NC[C@@H]2CCCO2)c2nc3ccccc3nc2n1CC[NH+]1CCOCC1. The number of carbonyl (C=O) groups excluding carboxylic acids is 1. The third-order valence-corrected chi connectivity index (χ3v) is 6.22. The Balaban J connectivity index is 1.49. The monoisotopic (exact) mass is 425 g/mol. The van der Waals surface area contributed by atoms with Gasteiger partial charge >= 0.3 is 0 Å². The summed E-state index contributed by atoms with van der Waals surface area (Å²) >= 11 is 0. The Morgan fingerprint density at radius 3 is 2.71 bits per heavy atom. The van der Waals surface area contributed by atoms with Gasteiger partial charge < -0.3 is 30.0 Å². The van der Waals surface area contributed by atoms with E-state index in [4.69, 9.17) is 25.2 Å². The number of nitrogen functional groups attached to an aromatic ring is 1. The zero-order chi connectivity index (χ0) is 21.2. The van der Waals surface area contributed by atoms with E-state index >= 15 is 0 Å². The number of carbonyl (C=O) groups is 1. The smallest absolute Gasteiger partial charge is 0.257 e. The van der Waals surface area contributed by atoms with Crippen molar-refractivity contribution in [1.29, 1.82) is 0 Å². The van der Waals surface area contributed by atoms with Crippen molar-refractivity contribution in [2.24, 2.45) is 0 Å². The van der Waals surface area contributed by atoms with Gasteiger partial charge in [0, 0.05) is 13.2 Å². The number of aromatic nitrogens is 3. The topological polar surface area (TPSA) is 109 Å². The zero-order valence-electron chi connectivity index (χ0n) is 17.6. The fraction of sp³-hybridized carbons (Fsp3) is 0.500. The molecule has 0 bridgehead atoms. The van der Waals surface area contributed by atoms with Gasteiger partial charge in [0.25, 0.3) is 5.91 Å². The van der Waals surface area contributed by atoms with E-state index in [1.807, 2.05) is 28.8 Å². The number of nitrogens with two attached hydrogens (primary N) is 1. The second-order valence-corrected chi connectivity index (χ2v) is 8.25. The summed E-state index contributed by atoms with van der Waals surface area (Å²) in [6, 6.07) is 7.69. The largest absolute Gasteiger partial charge is 0.384 e. The molecule has 2 aromatic heterocycles. The minimum absolute atomic E-state index is 0.0651. The second-order valence-electron chi connectivity index (χ2n) is 8.25. The molecular weight excluding hydrogens is 396 g/mol. The normalized spacial score (nSPS) is 19.9. The Hall–Kier alpha value is -2.75. The number of hydrogen-bond donors (Lipinski definition) is 3. The fourth-order valence-corrected chi connectivity index (χ4v) is 4.45. The number of nitrogens with zero attached hydrogens (tertiary/aromatic N) is 3. The molecular formula is C22H29N6O3+. The number of rotatable bonds is 6. The maximum atomic E-state index is 13.1. The van der Waals surface area contributed by atoms with Crippen molar-refractivity contribution in [3.63, 3.8) is 0 Å². The molecule has 1 amide bonds. The van der Waals surface area contributed by atoms with Gasteiger partial charge in [0.05, 0.1) is 43.4 Å². The Labute approximate surface area is 180 Å². The van der Waals surface area contributed by atoms with E-state index in [2.05, 4.69) is 5.32 Å². The number of amides is 1. The molecule has 3 aromatic rings. The minimum atomic E-state index is -0.222. The Kier molecular flexibility index (Phi) is 5.71. The Morgan fingerprint density at radius 1 is 1.19 bits per heavy atom. The molecule has 164 valence electrons. The van der Waals surface area contributed by atoms with Crippen LogP contribution in [0.1, 0.15) is 23.2 Å². The van der Waals surface area contributed by atoms with Crippen LogP contribution in [0.25, 0.3) is 22.2 Å². The van der Waals surface area contributed by atoms with Crippen LogP contribution >= 0.6 is 0 Å². The van der Waals surface area contributed by atoms with Gasteiger partial charge in [-0.2, -0.15) is 0 Å². The van der Waals surface area contributed by atoms with E-state index in [1.165, 1.54) is 4.90 Å². The molecule has 0 saturated carbocycles. The maximum absolute atomic E-state index is 13.1. The van der Waals surface area contributed by atoms with Gasteiger partial charge in [-0.15, -0.1) is 0 Å². The molecule has 5 rings (SSSR count). The second kappa shape index (κ2) is 8.78. The Bertz CT molecular complexity index is 1090. The van der Waals surface area contributed by atoms with Crippen LogP contribution in [0.15, 0.2) is 24.3 Å². The van der Waals surface area contributed by atoms with Crippen LogP contribution in [0, 0.1) is 0 Å². The molecule has 31 heavy (non-hydrogen) atoms. The van der Waals surface area contributed by atoms with Crippen molar-refractivity contribution in [3.05, 3.63) is 29.8 Å². The molecule has 4 N–H and O–H groups in total. The predicted octanol–water partition coefficient (Wildman–Crippen LogP) is -0.00940. The summed E-state index contributed by atoms with van der Waals surface area (Å²) in [7, 11) is 0. The molecule has 0 unspecified atom stereocenters. The van der Waals surface area contributed by atoms with Gasteiger partial charge in [-0.3, -0.25) is 4.79 Å². The van der Waals surface area contributed by atoms with Crippen molar-refractivity contribution in [1.82, 2.24) is 19.9 Å². The lowest BCUT2D eigenvalue weighted by Gasteiger charge is -2.24. The third kappa shape index (κ3) is 4.08. The molecule has 1 aromatic carbocycles. The van der Waals surface area contributed by atoms with E-state index in [-0.39, 0.29) is 12.0 Å². The highest BCUT2D eigenvalue weighted by Crippen LogP contribution is 2.27.